The van der Waals surface area contributed by atoms with Gasteiger partial charge in [-0.15, -0.1) is 11.3 Å². The van der Waals surface area contributed by atoms with Crippen LogP contribution in [-0.4, -0.2) is 26.8 Å². The number of carbonyl (C=O) groups is 2. The second-order valence-corrected chi connectivity index (χ2v) is 9.69. The van der Waals surface area contributed by atoms with Gasteiger partial charge in [-0.25, -0.2) is 0 Å². The van der Waals surface area contributed by atoms with Crippen molar-refractivity contribution in [2.75, 3.05) is 0 Å². The molecular formula is C27H27N3O2S. The number of hydrogen-bond acceptors (Lipinski definition) is 3. The van der Waals surface area contributed by atoms with Gasteiger partial charge in [-0.2, -0.15) is 0 Å². The average molecular weight is 458 g/mol. The van der Waals surface area contributed by atoms with Crippen molar-refractivity contribution < 1.29 is 9.59 Å². The lowest BCUT2D eigenvalue weighted by Gasteiger charge is -2.44. The smallest absolute Gasteiger partial charge is 0.271 e. The predicted molar refractivity (Wildman–Crippen MR) is 132 cm³/mol. The Labute approximate surface area is 197 Å². The number of nitrogens with zero attached hydrogens (tertiary/aromatic N) is 2. The summed E-state index contributed by atoms with van der Waals surface area (Å²) in [6.45, 7) is 5.24. The molecule has 2 aromatic carbocycles. The van der Waals surface area contributed by atoms with Gasteiger partial charge in [-0.1, -0.05) is 61.5 Å². The van der Waals surface area contributed by atoms with Gasteiger partial charge >= 0.3 is 0 Å². The quantitative estimate of drug-likeness (QED) is 0.443. The van der Waals surface area contributed by atoms with Crippen LogP contribution in [-0.2, 0) is 30.8 Å². The zero-order valence-electron chi connectivity index (χ0n) is 18.9. The Hall–Kier alpha value is -3.38. The van der Waals surface area contributed by atoms with Crippen molar-refractivity contribution in [2.24, 2.45) is 0 Å². The molecule has 1 atom stereocenters. The number of hydrogen-bond donors (Lipinski definition) is 1. The number of thiophene rings is 1. The molecule has 2 aromatic heterocycles. The van der Waals surface area contributed by atoms with Crippen LogP contribution in [0.4, 0.5) is 0 Å². The molecule has 4 aromatic rings. The van der Waals surface area contributed by atoms with Crippen LogP contribution in [0.1, 0.15) is 41.0 Å². The van der Waals surface area contributed by atoms with Crippen molar-refractivity contribution in [3.63, 3.8) is 0 Å². The summed E-state index contributed by atoms with van der Waals surface area (Å²) >= 11 is 1.60. The van der Waals surface area contributed by atoms with Crippen molar-refractivity contribution in [1.82, 2.24) is 14.8 Å². The highest BCUT2D eigenvalue weighted by atomic mass is 32.1. The van der Waals surface area contributed by atoms with Crippen molar-refractivity contribution >= 4 is 33.4 Å². The molecule has 0 spiro atoms. The first-order valence-electron chi connectivity index (χ1n) is 11.3. The molecule has 168 valence electrons. The first-order valence-corrected chi connectivity index (χ1v) is 12.2. The Balaban J connectivity index is 1.50. The lowest BCUT2D eigenvalue weighted by Crippen LogP contribution is -2.63. The monoisotopic (exact) mass is 457 g/mol. The maximum absolute atomic E-state index is 13.7. The fourth-order valence-electron chi connectivity index (χ4n) is 4.54. The van der Waals surface area contributed by atoms with Crippen LogP contribution in [0.25, 0.3) is 10.2 Å². The van der Waals surface area contributed by atoms with Crippen LogP contribution in [0.15, 0.2) is 72.1 Å². The van der Waals surface area contributed by atoms with Crippen molar-refractivity contribution in [1.29, 1.82) is 0 Å². The highest BCUT2D eigenvalue weighted by Gasteiger charge is 2.47. The predicted octanol–water partition coefficient (Wildman–Crippen LogP) is 5.00. The van der Waals surface area contributed by atoms with E-state index in [-0.39, 0.29) is 11.8 Å². The summed E-state index contributed by atoms with van der Waals surface area (Å²) in [7, 11) is 0. The largest absolute Gasteiger partial charge is 0.350 e. The average Bonchev–Trinajstić information content (AvgIpc) is 3.44. The van der Waals surface area contributed by atoms with E-state index in [0.717, 1.165) is 27.8 Å². The molecule has 0 saturated heterocycles. The van der Waals surface area contributed by atoms with Crippen molar-refractivity contribution in [2.45, 2.75) is 45.4 Å². The lowest BCUT2D eigenvalue weighted by atomic mass is 9.93. The second-order valence-electron chi connectivity index (χ2n) is 8.80. The van der Waals surface area contributed by atoms with Crippen molar-refractivity contribution in [3.05, 3.63) is 94.5 Å². The van der Waals surface area contributed by atoms with Crippen molar-refractivity contribution in [3.8, 4) is 0 Å². The molecule has 0 bridgehead atoms. The molecule has 6 heteroatoms. The molecule has 33 heavy (non-hydrogen) atoms. The Morgan fingerprint density at radius 3 is 2.48 bits per heavy atom. The summed E-state index contributed by atoms with van der Waals surface area (Å²) in [6.07, 6.45) is 0.965. The van der Waals surface area contributed by atoms with Gasteiger partial charge in [-0.05, 0) is 47.5 Å². The summed E-state index contributed by atoms with van der Waals surface area (Å²) in [6, 6.07) is 22.1. The molecule has 0 aliphatic carbocycles. The van der Waals surface area contributed by atoms with E-state index in [9.17, 15) is 9.59 Å². The molecule has 3 heterocycles. The van der Waals surface area contributed by atoms with Crippen LogP contribution in [0, 0.1) is 0 Å². The Morgan fingerprint density at radius 1 is 1.03 bits per heavy atom. The fourth-order valence-corrected chi connectivity index (χ4v) is 5.43. The molecule has 1 N–H and O–H groups in total. The molecule has 0 radical (unpaired) electrons. The third kappa shape index (κ3) is 3.85. The Kier molecular flexibility index (Phi) is 5.54. The van der Waals surface area contributed by atoms with Crippen LogP contribution in [0.3, 0.4) is 0 Å². The highest BCUT2D eigenvalue weighted by Crippen LogP contribution is 2.35. The number of amides is 2. The van der Waals surface area contributed by atoms with Gasteiger partial charge < -0.3 is 14.8 Å². The second kappa shape index (κ2) is 8.52. The highest BCUT2D eigenvalue weighted by molar-refractivity contribution is 7.16. The number of rotatable bonds is 6. The minimum absolute atomic E-state index is 0.110. The zero-order valence-corrected chi connectivity index (χ0v) is 19.7. The number of nitrogens with one attached hydrogen (secondary N) is 1. The van der Waals surface area contributed by atoms with E-state index in [1.165, 1.54) is 5.56 Å². The molecule has 0 saturated carbocycles. The summed E-state index contributed by atoms with van der Waals surface area (Å²) in [5.41, 5.74) is 2.93. The van der Waals surface area contributed by atoms with E-state index in [0.29, 0.717) is 25.3 Å². The molecule has 1 unspecified atom stereocenters. The third-order valence-electron chi connectivity index (χ3n) is 6.59. The summed E-state index contributed by atoms with van der Waals surface area (Å²) in [5, 5.41) is 6.16. The van der Waals surface area contributed by atoms with E-state index in [1.807, 2.05) is 59.3 Å². The summed E-state index contributed by atoms with van der Waals surface area (Å²) in [5.74, 6) is -0.254. The minimum atomic E-state index is -1.02. The molecule has 1 aliphatic rings. The lowest BCUT2D eigenvalue weighted by molar-refractivity contribution is -0.133. The normalized spacial score (nSPS) is 17.9. The number of aromatic nitrogens is 1. The molecule has 0 fully saturated rings. The minimum Gasteiger partial charge on any atom is -0.350 e. The SMILES string of the molecule is CCc1ccc(CN2C(=O)c3cc4ccsc4n3CC2(C)C(=O)NCc2ccccc2)cc1. The van der Waals surface area contributed by atoms with E-state index in [2.05, 4.69) is 36.5 Å². The molecule has 5 nitrogen and oxygen atoms in total. The van der Waals surface area contributed by atoms with E-state index in [4.69, 9.17) is 0 Å². The molecule has 2 amide bonds. The third-order valence-corrected chi connectivity index (χ3v) is 7.54. The van der Waals surface area contributed by atoms with Crippen LogP contribution < -0.4 is 5.32 Å². The molecule has 1 aliphatic heterocycles. The Morgan fingerprint density at radius 2 is 1.76 bits per heavy atom. The van der Waals surface area contributed by atoms with Crippen LogP contribution in [0.5, 0.6) is 0 Å². The zero-order chi connectivity index (χ0) is 23.0. The maximum Gasteiger partial charge on any atom is 0.271 e. The molecule has 5 rings (SSSR count). The van der Waals surface area contributed by atoms with Crippen LogP contribution >= 0.6 is 11.3 Å². The first kappa shape index (κ1) is 21.5. The Bertz CT molecular complexity index is 1310. The van der Waals surface area contributed by atoms with E-state index < -0.39 is 5.54 Å². The van der Waals surface area contributed by atoms with Gasteiger partial charge in [0.25, 0.3) is 5.91 Å². The van der Waals surface area contributed by atoms with Gasteiger partial charge in [0.15, 0.2) is 0 Å². The van der Waals surface area contributed by atoms with Gasteiger partial charge in [0.1, 0.15) is 16.1 Å². The van der Waals surface area contributed by atoms with Gasteiger partial charge in [0.2, 0.25) is 5.91 Å². The van der Waals surface area contributed by atoms with Crippen LogP contribution in [0.2, 0.25) is 0 Å². The fraction of sp³-hybridized carbons (Fsp3) is 0.259. The standard InChI is InChI=1S/C27H27N3O2S/c1-3-19-9-11-21(12-10-19)17-30-24(31)23-15-22-13-14-33-25(22)29(23)18-27(30,2)26(32)28-16-20-7-5-4-6-8-20/h4-15H,3,16-18H2,1-2H3,(H,28,32). The summed E-state index contributed by atoms with van der Waals surface area (Å²) < 4.78 is 2.01. The van der Waals surface area contributed by atoms with Gasteiger partial charge in [0, 0.05) is 18.5 Å². The number of fused-ring (bicyclic) bond motifs is 3. The summed E-state index contributed by atoms with van der Waals surface area (Å²) in [4.78, 5) is 30.1. The topological polar surface area (TPSA) is 54.3 Å². The maximum atomic E-state index is 13.7. The number of aryl methyl sites for hydroxylation is 1. The van der Waals surface area contributed by atoms with E-state index in [1.54, 1.807) is 16.2 Å². The van der Waals surface area contributed by atoms with E-state index >= 15 is 0 Å². The number of carbonyl (C=O) groups excluding carboxylic acids is 2. The first-order chi connectivity index (χ1) is 16.0. The van der Waals surface area contributed by atoms with Gasteiger partial charge in [-0.3, -0.25) is 9.59 Å². The number of benzene rings is 2. The molecular weight excluding hydrogens is 430 g/mol. The van der Waals surface area contributed by atoms with Gasteiger partial charge in [0.05, 0.1) is 6.54 Å².